The Kier molecular flexibility index (Phi) is 3.93. The number of nitrogens with two attached hydrogens (primary N) is 1. The number of nitrogens with one attached hydrogen (secondary N) is 1. The predicted molar refractivity (Wildman–Crippen MR) is 67.4 cm³/mol. The van der Waals surface area contributed by atoms with Crippen LogP contribution >= 0.6 is 0 Å². The number of anilines is 2. The van der Waals surface area contributed by atoms with E-state index in [-0.39, 0.29) is 17.2 Å². The van der Waals surface area contributed by atoms with E-state index in [4.69, 9.17) is 11.0 Å². The van der Waals surface area contributed by atoms with Crippen LogP contribution in [0.25, 0.3) is 5.82 Å². The Morgan fingerprint density at radius 2 is 2.19 bits per heavy atom. The Labute approximate surface area is 117 Å². The van der Waals surface area contributed by atoms with Crippen LogP contribution in [0.15, 0.2) is 18.6 Å². The molecule has 10 heteroatoms. The lowest BCUT2D eigenvalue weighted by Gasteiger charge is -2.06. The minimum Gasteiger partial charge on any atom is -0.382 e. The van der Waals surface area contributed by atoms with Crippen molar-refractivity contribution in [1.82, 2.24) is 19.7 Å². The van der Waals surface area contributed by atoms with E-state index in [1.165, 1.54) is 18.6 Å². The summed E-state index contributed by atoms with van der Waals surface area (Å²) in [4.78, 5) is 7.64. The van der Waals surface area contributed by atoms with E-state index in [2.05, 4.69) is 20.4 Å². The van der Waals surface area contributed by atoms with Gasteiger partial charge in [-0.1, -0.05) is 0 Å². The monoisotopic (exact) mass is 297 g/mol. The van der Waals surface area contributed by atoms with Gasteiger partial charge in [-0.3, -0.25) is 0 Å². The van der Waals surface area contributed by atoms with E-state index < -0.39 is 19.1 Å². The molecule has 0 saturated carbocycles. The summed E-state index contributed by atoms with van der Waals surface area (Å²) in [6.45, 7) is -0.404. The number of hydrogen-bond donors (Lipinski definition) is 2. The molecule has 0 radical (unpaired) electrons. The van der Waals surface area contributed by atoms with Crippen LogP contribution in [0.1, 0.15) is 12.0 Å². The average Bonchev–Trinajstić information content (AvgIpc) is 2.74. The molecule has 0 aromatic carbocycles. The number of aromatic nitrogens is 4. The molecule has 2 rings (SSSR count). The molecule has 21 heavy (non-hydrogen) atoms. The standard InChI is InChI=1S/C11H10F3N7/c12-11(13,14)2-4-18-10-7(5-15)9(16)21(20-10)8-1-3-17-6-19-8/h1,3,6H,2,4,16H2,(H,18,20). The lowest BCUT2D eigenvalue weighted by molar-refractivity contribution is -0.131. The van der Waals surface area contributed by atoms with Crippen LogP contribution < -0.4 is 11.1 Å². The quantitative estimate of drug-likeness (QED) is 0.885. The summed E-state index contributed by atoms with van der Waals surface area (Å²) < 4.78 is 37.5. The first-order valence-corrected chi connectivity index (χ1v) is 5.78. The molecule has 2 aromatic heterocycles. The largest absolute Gasteiger partial charge is 0.390 e. The maximum atomic E-state index is 12.1. The van der Waals surface area contributed by atoms with Crippen molar-refractivity contribution < 1.29 is 13.2 Å². The molecule has 0 aliphatic carbocycles. The highest BCUT2D eigenvalue weighted by Gasteiger charge is 2.27. The normalized spacial score (nSPS) is 11.1. The summed E-state index contributed by atoms with van der Waals surface area (Å²) in [6, 6.07) is 3.31. The third-order valence-electron chi connectivity index (χ3n) is 2.52. The molecular formula is C11H10F3N7. The number of nitrogens with zero attached hydrogens (tertiary/aromatic N) is 5. The van der Waals surface area contributed by atoms with Gasteiger partial charge in [-0.15, -0.1) is 5.10 Å². The molecular weight excluding hydrogens is 287 g/mol. The maximum absolute atomic E-state index is 12.1. The van der Waals surface area contributed by atoms with Gasteiger partial charge >= 0.3 is 6.18 Å². The molecule has 0 atom stereocenters. The fourth-order valence-corrected chi connectivity index (χ4v) is 1.57. The lowest BCUT2D eigenvalue weighted by Crippen LogP contribution is -2.15. The van der Waals surface area contributed by atoms with E-state index in [0.717, 1.165) is 4.68 Å². The first kappa shape index (κ1) is 14.6. The van der Waals surface area contributed by atoms with Crippen molar-refractivity contribution in [3.05, 3.63) is 24.2 Å². The van der Waals surface area contributed by atoms with Gasteiger partial charge in [0.05, 0.1) is 6.42 Å². The molecule has 0 aliphatic rings. The second-order valence-corrected chi connectivity index (χ2v) is 3.99. The zero-order valence-corrected chi connectivity index (χ0v) is 10.6. The van der Waals surface area contributed by atoms with Crippen LogP contribution in [-0.4, -0.2) is 32.5 Å². The van der Waals surface area contributed by atoms with Gasteiger partial charge in [0.25, 0.3) is 0 Å². The van der Waals surface area contributed by atoms with Gasteiger partial charge in [0, 0.05) is 18.8 Å². The Hall–Kier alpha value is -2.83. The zero-order chi connectivity index (χ0) is 15.5. The molecule has 0 spiro atoms. The number of hydrogen-bond acceptors (Lipinski definition) is 6. The predicted octanol–water partition coefficient (Wildman–Crippen LogP) is 1.48. The minimum atomic E-state index is -4.29. The van der Waals surface area contributed by atoms with Crippen molar-refractivity contribution in [3.63, 3.8) is 0 Å². The fourth-order valence-electron chi connectivity index (χ4n) is 1.57. The van der Waals surface area contributed by atoms with E-state index in [0.29, 0.717) is 5.82 Å². The number of rotatable bonds is 4. The minimum absolute atomic E-state index is 0.00860. The highest BCUT2D eigenvalue weighted by atomic mass is 19.4. The van der Waals surface area contributed by atoms with E-state index in [1.54, 1.807) is 6.07 Å². The molecule has 2 heterocycles. The molecule has 0 fully saturated rings. The third kappa shape index (κ3) is 3.38. The topological polar surface area (TPSA) is 105 Å². The average molecular weight is 297 g/mol. The highest BCUT2D eigenvalue weighted by Crippen LogP contribution is 2.24. The summed E-state index contributed by atoms with van der Waals surface area (Å²) in [6.07, 6.45) is -2.62. The lowest BCUT2D eigenvalue weighted by atomic mass is 10.3. The summed E-state index contributed by atoms with van der Waals surface area (Å²) in [7, 11) is 0. The Morgan fingerprint density at radius 1 is 1.43 bits per heavy atom. The van der Waals surface area contributed by atoms with Crippen LogP contribution in [0.2, 0.25) is 0 Å². The molecule has 7 nitrogen and oxygen atoms in total. The van der Waals surface area contributed by atoms with Gasteiger partial charge in [0.1, 0.15) is 23.8 Å². The first-order valence-electron chi connectivity index (χ1n) is 5.78. The Morgan fingerprint density at radius 3 is 2.76 bits per heavy atom. The first-order chi connectivity index (χ1) is 9.92. The molecule has 0 amide bonds. The van der Waals surface area contributed by atoms with Crippen LogP contribution in [0, 0.1) is 11.3 Å². The van der Waals surface area contributed by atoms with Gasteiger partial charge < -0.3 is 11.1 Å². The third-order valence-corrected chi connectivity index (χ3v) is 2.52. The molecule has 0 aliphatic heterocycles. The van der Waals surface area contributed by atoms with Crippen LogP contribution in [0.4, 0.5) is 24.8 Å². The van der Waals surface area contributed by atoms with Crippen LogP contribution in [0.5, 0.6) is 0 Å². The fraction of sp³-hybridized carbons (Fsp3) is 0.273. The van der Waals surface area contributed by atoms with Crippen molar-refractivity contribution in [1.29, 1.82) is 5.26 Å². The highest BCUT2D eigenvalue weighted by molar-refractivity contribution is 5.65. The van der Waals surface area contributed by atoms with Crippen LogP contribution in [0.3, 0.4) is 0 Å². The number of nitriles is 1. The Bertz CT molecular complexity index is 657. The molecule has 0 bridgehead atoms. The smallest absolute Gasteiger partial charge is 0.382 e. The summed E-state index contributed by atoms with van der Waals surface area (Å²) >= 11 is 0. The molecule has 0 saturated heterocycles. The summed E-state index contributed by atoms with van der Waals surface area (Å²) in [5.74, 6) is 0.284. The van der Waals surface area contributed by atoms with Crippen molar-refractivity contribution in [2.24, 2.45) is 0 Å². The van der Waals surface area contributed by atoms with E-state index >= 15 is 0 Å². The zero-order valence-electron chi connectivity index (χ0n) is 10.6. The second kappa shape index (κ2) is 5.66. The van der Waals surface area contributed by atoms with Crippen molar-refractivity contribution in [2.45, 2.75) is 12.6 Å². The van der Waals surface area contributed by atoms with Gasteiger partial charge in [-0.05, 0) is 0 Å². The number of alkyl halides is 3. The Balaban J connectivity index is 2.25. The summed E-state index contributed by atoms with van der Waals surface area (Å²) in [5, 5.41) is 15.5. The number of halogens is 3. The molecule has 2 aromatic rings. The maximum Gasteiger partial charge on any atom is 0.390 e. The van der Waals surface area contributed by atoms with Gasteiger partial charge in [0.2, 0.25) is 0 Å². The molecule has 3 N–H and O–H groups in total. The van der Waals surface area contributed by atoms with Gasteiger partial charge in [0.15, 0.2) is 11.6 Å². The number of nitrogen functional groups attached to an aromatic ring is 1. The van der Waals surface area contributed by atoms with Crippen molar-refractivity contribution in [2.75, 3.05) is 17.6 Å². The second-order valence-electron chi connectivity index (χ2n) is 3.99. The van der Waals surface area contributed by atoms with Gasteiger partial charge in [-0.2, -0.15) is 23.1 Å². The van der Waals surface area contributed by atoms with E-state index in [1.807, 2.05) is 0 Å². The van der Waals surface area contributed by atoms with Crippen LogP contribution in [-0.2, 0) is 0 Å². The SMILES string of the molecule is N#Cc1c(NCCC(F)(F)F)nn(-c2ccncn2)c1N. The van der Waals surface area contributed by atoms with Gasteiger partial charge in [-0.25, -0.2) is 9.97 Å². The molecule has 110 valence electrons. The van der Waals surface area contributed by atoms with Crippen molar-refractivity contribution in [3.8, 4) is 11.9 Å². The summed E-state index contributed by atoms with van der Waals surface area (Å²) in [5.41, 5.74) is 5.73. The van der Waals surface area contributed by atoms with E-state index in [9.17, 15) is 13.2 Å². The van der Waals surface area contributed by atoms with Crippen molar-refractivity contribution >= 4 is 11.6 Å². The molecule has 0 unspecified atom stereocenters.